The molecule has 3 saturated carbocycles. The fourth-order valence-electron chi connectivity index (χ4n) is 7.49. The lowest BCUT2D eigenvalue weighted by atomic mass is 9.46. The third-order valence-corrected chi connectivity index (χ3v) is 8.75. The molecule has 1 amide bonds. The Morgan fingerprint density at radius 1 is 1.19 bits per heavy atom. The summed E-state index contributed by atoms with van der Waals surface area (Å²) in [4.78, 5) is 14.5. The van der Waals surface area contributed by atoms with E-state index in [0.29, 0.717) is 11.8 Å². The predicted octanol–water partition coefficient (Wildman–Crippen LogP) is 2.99. The normalized spacial score (nSPS) is 50.3. The highest BCUT2D eigenvalue weighted by Crippen LogP contribution is 2.66. The van der Waals surface area contributed by atoms with E-state index >= 15 is 0 Å². The Morgan fingerprint density at radius 3 is 2.62 bits per heavy atom. The standard InChI is InChI=1S/C22H35NO3/c1-21-10-9-14(24)11-13(21)5-6-15-16-7-8-17(20(26)23(3)4)22(16,2)12-18(25)19(15)21/h5,14-19,24-25H,6-12H2,1-4H3/t14?,15?,16?,17-,18?,19?,21?,22+/m1/s1. The molecule has 4 rings (SSSR count). The smallest absolute Gasteiger partial charge is 0.225 e. The van der Waals surface area contributed by atoms with Gasteiger partial charge < -0.3 is 15.1 Å². The highest BCUT2D eigenvalue weighted by atomic mass is 16.3. The summed E-state index contributed by atoms with van der Waals surface area (Å²) in [6.07, 6.45) is 8.22. The van der Waals surface area contributed by atoms with Gasteiger partial charge in [-0.25, -0.2) is 0 Å². The molecule has 26 heavy (non-hydrogen) atoms. The minimum absolute atomic E-state index is 0.0204. The maximum atomic E-state index is 12.8. The van der Waals surface area contributed by atoms with Crippen LogP contribution in [0.2, 0.25) is 0 Å². The van der Waals surface area contributed by atoms with Crippen molar-refractivity contribution in [2.24, 2.45) is 34.5 Å². The van der Waals surface area contributed by atoms with Crippen LogP contribution in [0.1, 0.15) is 58.8 Å². The van der Waals surface area contributed by atoms with Crippen LogP contribution in [0.3, 0.4) is 0 Å². The van der Waals surface area contributed by atoms with Gasteiger partial charge >= 0.3 is 0 Å². The second kappa shape index (κ2) is 6.07. The van der Waals surface area contributed by atoms with Crippen molar-refractivity contribution in [3.05, 3.63) is 11.6 Å². The van der Waals surface area contributed by atoms with Crippen molar-refractivity contribution in [2.75, 3.05) is 14.1 Å². The molecule has 2 N–H and O–H groups in total. The van der Waals surface area contributed by atoms with Gasteiger partial charge in [0.15, 0.2) is 0 Å². The van der Waals surface area contributed by atoms with Gasteiger partial charge in [0, 0.05) is 20.0 Å². The Hall–Kier alpha value is -0.870. The average Bonchev–Trinajstić information content (AvgIpc) is 2.90. The van der Waals surface area contributed by atoms with E-state index in [2.05, 4.69) is 19.9 Å². The van der Waals surface area contributed by atoms with Crippen LogP contribution < -0.4 is 0 Å². The third kappa shape index (κ3) is 2.44. The van der Waals surface area contributed by atoms with Gasteiger partial charge in [0.1, 0.15) is 0 Å². The molecule has 0 aromatic heterocycles. The Kier molecular flexibility index (Phi) is 4.31. The molecule has 4 nitrogen and oxygen atoms in total. The van der Waals surface area contributed by atoms with Crippen LogP contribution in [0, 0.1) is 34.5 Å². The van der Waals surface area contributed by atoms with Crippen molar-refractivity contribution < 1.29 is 15.0 Å². The quantitative estimate of drug-likeness (QED) is 0.706. The van der Waals surface area contributed by atoms with Crippen molar-refractivity contribution in [3.63, 3.8) is 0 Å². The summed E-state index contributed by atoms with van der Waals surface area (Å²) in [6.45, 7) is 4.59. The molecule has 146 valence electrons. The molecular formula is C22H35NO3. The molecule has 4 aliphatic rings. The van der Waals surface area contributed by atoms with E-state index < -0.39 is 0 Å². The molecule has 4 heteroatoms. The van der Waals surface area contributed by atoms with E-state index in [1.165, 1.54) is 5.57 Å². The molecule has 0 bridgehead atoms. The molecule has 0 saturated heterocycles. The third-order valence-electron chi connectivity index (χ3n) is 8.75. The molecule has 6 unspecified atom stereocenters. The van der Waals surface area contributed by atoms with E-state index in [9.17, 15) is 15.0 Å². The van der Waals surface area contributed by atoms with E-state index in [1.807, 2.05) is 14.1 Å². The van der Waals surface area contributed by atoms with Gasteiger partial charge in [0.2, 0.25) is 5.91 Å². The van der Waals surface area contributed by atoms with Crippen molar-refractivity contribution in [1.29, 1.82) is 0 Å². The molecule has 0 aliphatic heterocycles. The largest absolute Gasteiger partial charge is 0.393 e. The number of fused-ring (bicyclic) bond motifs is 5. The first kappa shape index (κ1) is 18.5. The Balaban J connectivity index is 1.68. The van der Waals surface area contributed by atoms with Crippen LogP contribution in [0.5, 0.6) is 0 Å². The van der Waals surface area contributed by atoms with Crippen molar-refractivity contribution in [2.45, 2.75) is 71.0 Å². The van der Waals surface area contributed by atoms with E-state index in [-0.39, 0.29) is 40.8 Å². The lowest BCUT2D eigenvalue weighted by Gasteiger charge is -2.59. The number of hydrogen-bond acceptors (Lipinski definition) is 3. The van der Waals surface area contributed by atoms with Crippen molar-refractivity contribution in [1.82, 2.24) is 4.90 Å². The molecule has 0 aromatic rings. The van der Waals surface area contributed by atoms with Crippen molar-refractivity contribution >= 4 is 5.91 Å². The van der Waals surface area contributed by atoms with Gasteiger partial charge in [0.05, 0.1) is 12.2 Å². The summed E-state index contributed by atoms with van der Waals surface area (Å²) < 4.78 is 0. The van der Waals surface area contributed by atoms with E-state index in [1.54, 1.807) is 4.90 Å². The summed E-state index contributed by atoms with van der Waals surface area (Å²) >= 11 is 0. The minimum Gasteiger partial charge on any atom is -0.393 e. The van der Waals surface area contributed by atoms with Crippen LogP contribution >= 0.6 is 0 Å². The average molecular weight is 362 g/mol. The number of carbonyl (C=O) groups excluding carboxylic acids is 1. The number of rotatable bonds is 1. The lowest BCUT2D eigenvalue weighted by molar-refractivity contribution is -0.149. The monoisotopic (exact) mass is 361 g/mol. The molecule has 0 radical (unpaired) electrons. The summed E-state index contributed by atoms with van der Waals surface area (Å²) in [7, 11) is 3.70. The number of hydrogen-bond donors (Lipinski definition) is 2. The fraction of sp³-hybridized carbons (Fsp3) is 0.864. The van der Waals surface area contributed by atoms with E-state index in [4.69, 9.17) is 0 Å². The van der Waals surface area contributed by atoms with Crippen LogP contribution in [0.4, 0.5) is 0 Å². The molecular weight excluding hydrogens is 326 g/mol. The van der Waals surface area contributed by atoms with Gasteiger partial charge in [-0.1, -0.05) is 25.5 Å². The zero-order chi connectivity index (χ0) is 18.9. The Bertz CT molecular complexity index is 629. The number of nitrogens with zero attached hydrogens (tertiary/aromatic N) is 1. The molecule has 4 aliphatic carbocycles. The Morgan fingerprint density at radius 2 is 1.92 bits per heavy atom. The van der Waals surface area contributed by atoms with Crippen LogP contribution in [0.15, 0.2) is 11.6 Å². The number of allylic oxidation sites excluding steroid dienone is 1. The predicted molar refractivity (Wildman–Crippen MR) is 101 cm³/mol. The van der Waals surface area contributed by atoms with Crippen molar-refractivity contribution in [3.8, 4) is 0 Å². The van der Waals surface area contributed by atoms with E-state index in [0.717, 1.165) is 44.9 Å². The number of aliphatic hydroxyl groups excluding tert-OH is 2. The number of amides is 1. The summed E-state index contributed by atoms with van der Waals surface area (Å²) in [5.41, 5.74) is 1.31. The SMILES string of the molecule is CN(C)C(=O)[C@H]1CCC2C3CC=C4CC(O)CCC4(C)C3C(O)C[C@@]21C. The maximum Gasteiger partial charge on any atom is 0.225 e. The first-order valence-electron chi connectivity index (χ1n) is 10.5. The molecule has 0 spiro atoms. The minimum atomic E-state index is -0.347. The van der Waals surface area contributed by atoms with Gasteiger partial charge in [-0.3, -0.25) is 4.79 Å². The number of carbonyl (C=O) groups is 1. The highest BCUT2D eigenvalue weighted by Gasteiger charge is 2.62. The highest BCUT2D eigenvalue weighted by molar-refractivity contribution is 5.79. The molecule has 0 heterocycles. The van der Waals surface area contributed by atoms with Crippen LogP contribution in [-0.2, 0) is 4.79 Å². The van der Waals surface area contributed by atoms with Gasteiger partial charge in [0.25, 0.3) is 0 Å². The van der Waals surface area contributed by atoms with Gasteiger partial charge in [-0.15, -0.1) is 0 Å². The summed E-state index contributed by atoms with van der Waals surface area (Å²) in [5.74, 6) is 1.55. The van der Waals surface area contributed by atoms with Crippen LogP contribution in [-0.4, -0.2) is 47.3 Å². The zero-order valence-corrected chi connectivity index (χ0v) is 16.7. The molecule has 3 fully saturated rings. The second-order valence-electron chi connectivity index (χ2n) is 10.2. The first-order valence-corrected chi connectivity index (χ1v) is 10.5. The van der Waals surface area contributed by atoms with Gasteiger partial charge in [-0.2, -0.15) is 0 Å². The first-order chi connectivity index (χ1) is 12.2. The molecule has 8 atom stereocenters. The number of aliphatic hydroxyl groups is 2. The zero-order valence-electron chi connectivity index (χ0n) is 16.7. The summed E-state index contributed by atoms with van der Waals surface area (Å²) in [6, 6.07) is 0. The fourth-order valence-corrected chi connectivity index (χ4v) is 7.49. The second-order valence-corrected chi connectivity index (χ2v) is 10.2. The molecule has 0 aromatic carbocycles. The van der Waals surface area contributed by atoms with Gasteiger partial charge in [-0.05, 0) is 73.5 Å². The maximum absolute atomic E-state index is 12.8. The summed E-state index contributed by atoms with van der Waals surface area (Å²) in [5, 5.41) is 21.4. The Labute approximate surface area is 157 Å². The topological polar surface area (TPSA) is 60.8 Å². The lowest BCUT2D eigenvalue weighted by Crippen LogP contribution is -2.57. The van der Waals surface area contributed by atoms with Crippen LogP contribution in [0.25, 0.3) is 0 Å².